The first-order chi connectivity index (χ1) is 9.62. The Morgan fingerprint density at radius 1 is 1.29 bits per heavy atom. The van der Waals surface area contributed by atoms with E-state index in [4.69, 9.17) is 5.73 Å². The monoisotopic (exact) mass is 300 g/mol. The molecule has 0 saturated heterocycles. The van der Waals surface area contributed by atoms with Gasteiger partial charge in [0.15, 0.2) is 0 Å². The number of carbonyl (C=O) groups is 1. The van der Waals surface area contributed by atoms with Crippen molar-refractivity contribution in [3.8, 4) is 5.75 Å². The van der Waals surface area contributed by atoms with Gasteiger partial charge in [-0.3, -0.25) is 4.79 Å². The molecule has 0 fully saturated rings. The molecule has 0 aliphatic heterocycles. The van der Waals surface area contributed by atoms with Gasteiger partial charge in [-0.2, -0.15) is 8.78 Å². The van der Waals surface area contributed by atoms with E-state index in [-0.39, 0.29) is 17.1 Å². The van der Waals surface area contributed by atoms with Gasteiger partial charge in [0, 0.05) is 5.56 Å². The minimum atomic E-state index is -2.91. The van der Waals surface area contributed by atoms with Gasteiger partial charge in [0.05, 0.1) is 12.1 Å². The molecule has 0 aliphatic rings. The van der Waals surface area contributed by atoms with Gasteiger partial charge in [-0.1, -0.05) is 39.0 Å². The number of para-hydroxylation sites is 1. The molecule has 0 bridgehead atoms. The molecule has 1 rings (SSSR count). The fourth-order valence-electron chi connectivity index (χ4n) is 1.82. The molecule has 3 N–H and O–H groups in total. The Labute approximate surface area is 123 Å². The van der Waals surface area contributed by atoms with Gasteiger partial charge >= 0.3 is 6.61 Å². The van der Waals surface area contributed by atoms with Crippen LogP contribution in [0.4, 0.5) is 8.78 Å². The number of ether oxygens (including phenoxy) is 1. The molecule has 1 aromatic carbocycles. The van der Waals surface area contributed by atoms with Gasteiger partial charge < -0.3 is 15.8 Å². The maximum absolute atomic E-state index is 12.4. The van der Waals surface area contributed by atoms with Gasteiger partial charge in [0.1, 0.15) is 5.75 Å². The van der Waals surface area contributed by atoms with E-state index in [2.05, 4.69) is 10.1 Å². The molecule has 0 radical (unpaired) electrons. The molecule has 118 valence electrons. The summed E-state index contributed by atoms with van der Waals surface area (Å²) in [6, 6.07) is 5.18. The molecule has 1 amide bonds. The predicted molar refractivity (Wildman–Crippen MR) is 77.1 cm³/mol. The molecule has 0 aromatic heterocycles. The number of halogens is 2. The largest absolute Gasteiger partial charge is 0.434 e. The minimum absolute atomic E-state index is 0.0460. The lowest BCUT2D eigenvalue weighted by atomic mass is 9.86. The van der Waals surface area contributed by atoms with Crippen LogP contribution in [0.1, 0.15) is 39.3 Å². The highest BCUT2D eigenvalue weighted by Gasteiger charge is 2.28. The number of nitrogens with one attached hydrogen (secondary N) is 1. The van der Waals surface area contributed by atoms with Gasteiger partial charge in [-0.05, 0) is 18.4 Å². The number of carbonyl (C=O) groups excluding carboxylic acids is 1. The zero-order chi connectivity index (χ0) is 16.2. The summed E-state index contributed by atoms with van der Waals surface area (Å²) < 4.78 is 29.2. The van der Waals surface area contributed by atoms with E-state index in [9.17, 15) is 13.6 Å². The predicted octanol–water partition coefficient (Wildman–Crippen LogP) is 2.84. The second kappa shape index (κ2) is 6.85. The smallest absolute Gasteiger partial charge is 0.387 e. The minimum Gasteiger partial charge on any atom is -0.434 e. The van der Waals surface area contributed by atoms with E-state index >= 15 is 0 Å². The number of amides is 1. The third-order valence-electron chi connectivity index (χ3n) is 3.18. The number of rotatable bonds is 5. The van der Waals surface area contributed by atoms with E-state index in [0.29, 0.717) is 5.56 Å². The van der Waals surface area contributed by atoms with Gasteiger partial charge in [0.2, 0.25) is 5.91 Å². The summed E-state index contributed by atoms with van der Waals surface area (Å²) in [4.78, 5) is 12.1. The van der Waals surface area contributed by atoms with Gasteiger partial charge in [-0.15, -0.1) is 0 Å². The van der Waals surface area contributed by atoms with Crippen molar-refractivity contribution in [3.05, 3.63) is 29.8 Å². The second-order valence-electron chi connectivity index (χ2n) is 5.99. The van der Waals surface area contributed by atoms with Crippen molar-refractivity contribution in [2.75, 3.05) is 0 Å². The molecule has 1 aromatic rings. The van der Waals surface area contributed by atoms with E-state index < -0.39 is 18.7 Å². The van der Waals surface area contributed by atoms with Crippen LogP contribution in [-0.4, -0.2) is 18.6 Å². The van der Waals surface area contributed by atoms with Crippen LogP contribution in [0.5, 0.6) is 5.75 Å². The molecule has 0 saturated carbocycles. The third-order valence-corrected chi connectivity index (χ3v) is 3.18. The van der Waals surface area contributed by atoms with Crippen LogP contribution in [0, 0.1) is 5.41 Å². The normalized spacial score (nSPS) is 14.7. The van der Waals surface area contributed by atoms with Crippen LogP contribution in [0.25, 0.3) is 0 Å². The van der Waals surface area contributed by atoms with Crippen LogP contribution in [0.2, 0.25) is 0 Å². The van der Waals surface area contributed by atoms with Crippen molar-refractivity contribution >= 4 is 5.91 Å². The Hall–Kier alpha value is -1.69. The maximum Gasteiger partial charge on any atom is 0.387 e. The SMILES string of the molecule is CC(NC(=O)[C@H](N)C(C)(C)C)c1ccccc1OC(F)F. The number of benzene rings is 1. The van der Waals surface area contributed by atoms with Crippen LogP contribution >= 0.6 is 0 Å². The molecule has 2 atom stereocenters. The average molecular weight is 300 g/mol. The van der Waals surface area contributed by atoms with Crippen molar-refractivity contribution in [2.24, 2.45) is 11.1 Å². The summed E-state index contributed by atoms with van der Waals surface area (Å²) >= 11 is 0. The second-order valence-corrected chi connectivity index (χ2v) is 5.99. The van der Waals surface area contributed by atoms with Crippen LogP contribution in [0.3, 0.4) is 0 Å². The summed E-state index contributed by atoms with van der Waals surface area (Å²) in [6.45, 7) is 4.35. The van der Waals surface area contributed by atoms with Crippen LogP contribution in [0.15, 0.2) is 24.3 Å². The Kier molecular flexibility index (Phi) is 5.66. The highest BCUT2D eigenvalue weighted by molar-refractivity contribution is 5.82. The summed E-state index contributed by atoms with van der Waals surface area (Å²) in [5, 5.41) is 2.73. The van der Waals surface area contributed by atoms with Gasteiger partial charge in [0.25, 0.3) is 0 Å². The number of hydrogen-bond donors (Lipinski definition) is 2. The zero-order valence-corrected chi connectivity index (χ0v) is 12.7. The average Bonchev–Trinajstić information content (AvgIpc) is 2.36. The molecular formula is C15H22F2N2O2. The molecule has 6 heteroatoms. The number of hydrogen-bond acceptors (Lipinski definition) is 3. The lowest BCUT2D eigenvalue weighted by molar-refractivity contribution is -0.125. The van der Waals surface area contributed by atoms with Crippen molar-refractivity contribution < 1.29 is 18.3 Å². The van der Waals surface area contributed by atoms with Gasteiger partial charge in [-0.25, -0.2) is 0 Å². The van der Waals surface area contributed by atoms with Crippen molar-refractivity contribution in [1.29, 1.82) is 0 Å². The Morgan fingerprint density at radius 2 is 1.86 bits per heavy atom. The lowest BCUT2D eigenvalue weighted by Gasteiger charge is -2.27. The molecule has 1 unspecified atom stereocenters. The van der Waals surface area contributed by atoms with Crippen molar-refractivity contribution in [1.82, 2.24) is 5.32 Å². The Bertz CT molecular complexity index is 487. The summed E-state index contributed by atoms with van der Waals surface area (Å²) in [6.07, 6.45) is 0. The first-order valence-electron chi connectivity index (χ1n) is 6.72. The maximum atomic E-state index is 12.4. The fourth-order valence-corrected chi connectivity index (χ4v) is 1.82. The molecule has 0 heterocycles. The highest BCUT2D eigenvalue weighted by atomic mass is 19.3. The number of nitrogens with two attached hydrogens (primary N) is 1. The molecule has 0 aliphatic carbocycles. The number of alkyl halides is 2. The van der Waals surface area contributed by atoms with E-state index in [1.807, 2.05) is 20.8 Å². The zero-order valence-electron chi connectivity index (χ0n) is 12.7. The highest BCUT2D eigenvalue weighted by Crippen LogP contribution is 2.27. The lowest BCUT2D eigenvalue weighted by Crippen LogP contribution is -2.49. The molecule has 21 heavy (non-hydrogen) atoms. The molecular weight excluding hydrogens is 278 g/mol. The summed E-state index contributed by atoms with van der Waals surface area (Å²) in [7, 11) is 0. The topological polar surface area (TPSA) is 64.4 Å². The van der Waals surface area contributed by atoms with Crippen LogP contribution in [-0.2, 0) is 4.79 Å². The molecule has 0 spiro atoms. The van der Waals surface area contributed by atoms with Crippen molar-refractivity contribution in [3.63, 3.8) is 0 Å². The van der Waals surface area contributed by atoms with E-state index in [1.54, 1.807) is 25.1 Å². The van der Waals surface area contributed by atoms with E-state index in [1.165, 1.54) is 6.07 Å². The first kappa shape index (κ1) is 17.4. The van der Waals surface area contributed by atoms with E-state index in [0.717, 1.165) is 0 Å². The first-order valence-corrected chi connectivity index (χ1v) is 6.72. The Morgan fingerprint density at radius 3 is 2.38 bits per heavy atom. The van der Waals surface area contributed by atoms with Crippen LogP contribution < -0.4 is 15.8 Å². The summed E-state index contributed by atoms with van der Waals surface area (Å²) in [5.74, 6) is -0.286. The quantitative estimate of drug-likeness (QED) is 0.879. The summed E-state index contributed by atoms with van der Waals surface area (Å²) in [5.41, 5.74) is 5.97. The third kappa shape index (κ3) is 4.97. The fraction of sp³-hybridized carbons (Fsp3) is 0.533. The Balaban J connectivity index is 2.85. The molecule has 4 nitrogen and oxygen atoms in total. The standard InChI is InChI=1S/C15H22F2N2O2/c1-9(19-13(20)12(18)15(2,3)4)10-7-5-6-8-11(10)21-14(16)17/h5-9,12,14H,18H2,1-4H3,(H,19,20)/t9?,12-/m0/s1. The van der Waals surface area contributed by atoms with Crippen molar-refractivity contribution in [2.45, 2.75) is 46.4 Å².